The molecule has 4 N–H and O–H groups in total. The Morgan fingerprint density at radius 3 is 1.75 bits per heavy atom. The highest BCUT2D eigenvalue weighted by molar-refractivity contribution is 6.22. The summed E-state index contributed by atoms with van der Waals surface area (Å²) in [4.78, 5) is 89.7. The summed E-state index contributed by atoms with van der Waals surface area (Å²) in [5, 5.41) is 17.9. The molecule has 1 aliphatic rings. The van der Waals surface area contributed by atoms with E-state index in [1.807, 2.05) is 113 Å². The van der Waals surface area contributed by atoms with E-state index in [9.17, 15) is 33.6 Å². The molecule has 5 heterocycles. The summed E-state index contributed by atoms with van der Waals surface area (Å²) in [5.41, 5.74) is 5.18. The molecule has 89 heavy (non-hydrogen) atoms. The number of ether oxygens (including phenoxy) is 4. The van der Waals surface area contributed by atoms with Crippen molar-refractivity contribution in [1.82, 2.24) is 43.7 Å². The van der Waals surface area contributed by atoms with Gasteiger partial charge in [0.2, 0.25) is 17.7 Å². The predicted molar refractivity (Wildman–Crippen MR) is 346 cm³/mol. The highest BCUT2D eigenvalue weighted by atomic mass is 35.5. The zero-order chi connectivity index (χ0) is 64.4. The second kappa shape index (κ2) is 32.1. The van der Waals surface area contributed by atoms with Gasteiger partial charge < -0.3 is 33.9 Å². The third-order valence-electron chi connectivity index (χ3n) is 14.2. The number of phenols is 1. The average Bonchev–Trinajstić information content (AvgIpc) is 2.49. The minimum atomic E-state index is -1.31. The average molecular weight is 1240 g/mol. The Bertz CT molecular complexity index is 4060. The molecule has 0 spiro atoms. The molecule has 23 heteroatoms. The van der Waals surface area contributed by atoms with Gasteiger partial charge in [0.1, 0.15) is 5.75 Å². The second-order valence-electron chi connectivity index (χ2n) is 20.4. The molecule has 0 atom stereocenters. The zero-order valence-corrected chi connectivity index (χ0v) is 53.3. The van der Waals surface area contributed by atoms with E-state index >= 15 is 0 Å². The number of para-hydroxylation sites is 1. The number of hydrogen-bond donors (Lipinski definition) is 4. The van der Waals surface area contributed by atoms with Crippen molar-refractivity contribution in [2.24, 2.45) is 28.2 Å². The minimum Gasteiger partial charge on any atom is -0.508 e. The maximum absolute atomic E-state index is 12.4. The van der Waals surface area contributed by atoms with Crippen molar-refractivity contribution in [3.05, 3.63) is 193 Å². The third kappa shape index (κ3) is 16.6. The number of rotatable bonds is 15. The highest BCUT2D eigenvalue weighted by Gasteiger charge is 2.50. The number of benzene rings is 5. The van der Waals surface area contributed by atoms with Gasteiger partial charge in [0.15, 0.2) is 39.6 Å². The topological polar surface area (TPSA) is 263 Å². The molecule has 4 aromatic heterocycles. The number of aryl methyl sites for hydroxylation is 2. The lowest BCUT2D eigenvalue weighted by atomic mass is 9.75. The molecule has 0 bridgehead atoms. The number of carbonyl (C=O) groups excluding carboxylic acids is 4. The fourth-order valence-electron chi connectivity index (χ4n) is 9.85. The number of hydrogen-bond acceptors (Lipinski definition) is 14. The van der Waals surface area contributed by atoms with E-state index in [-0.39, 0.29) is 46.8 Å². The van der Waals surface area contributed by atoms with Crippen LogP contribution in [0.5, 0.6) is 28.7 Å². The van der Waals surface area contributed by atoms with Crippen molar-refractivity contribution in [2.45, 2.75) is 86.5 Å². The van der Waals surface area contributed by atoms with E-state index in [1.54, 1.807) is 72.7 Å². The number of nitrogens with zero attached hydrogens (tertiary/aromatic N) is 7. The van der Waals surface area contributed by atoms with Crippen molar-refractivity contribution in [1.29, 1.82) is 0 Å². The van der Waals surface area contributed by atoms with E-state index in [2.05, 4.69) is 45.8 Å². The van der Waals surface area contributed by atoms with Crippen LogP contribution < -0.4 is 51.7 Å². The van der Waals surface area contributed by atoms with Crippen LogP contribution in [0.4, 0.5) is 10.5 Å². The number of anilines is 1. The quantitative estimate of drug-likeness (QED) is 0.0550. The molecule has 1 aliphatic heterocycles. The van der Waals surface area contributed by atoms with E-state index in [0.29, 0.717) is 61.7 Å². The van der Waals surface area contributed by atoms with Crippen molar-refractivity contribution in [3.63, 3.8) is 0 Å². The maximum atomic E-state index is 12.4. The summed E-state index contributed by atoms with van der Waals surface area (Å²) >= 11 is 0. The van der Waals surface area contributed by atoms with Crippen LogP contribution in [0.2, 0.25) is 0 Å². The number of aromatic hydroxyl groups is 1. The first-order chi connectivity index (χ1) is 42.1. The van der Waals surface area contributed by atoms with Gasteiger partial charge in [-0.2, -0.15) is 0 Å². The van der Waals surface area contributed by atoms with E-state index in [1.165, 1.54) is 37.0 Å². The number of amides is 5. The minimum absolute atomic E-state index is 0. The molecular formula is C66H79ClN10O12. The molecule has 5 aromatic carbocycles. The smallest absolute Gasteiger partial charge is 0.332 e. The number of imide groups is 2. The maximum Gasteiger partial charge on any atom is 0.332 e. The van der Waals surface area contributed by atoms with Gasteiger partial charge >= 0.3 is 11.7 Å². The Morgan fingerprint density at radius 1 is 0.663 bits per heavy atom. The summed E-state index contributed by atoms with van der Waals surface area (Å²) in [6.07, 6.45) is 4.34. The Hall–Kier alpha value is -9.96. The SMILES string of the molecule is CC(=O)Nc1ccc(O)cc1.CCC1(c2ccccc2)C(=O)NC(=O)NC1=O.CCOc1ccc(Cc2nccc3cc(OCC)c(OCC)cc23)cc1OCC.Cc1c(C(C)C)c(=O)n(-c2ccccc2)n1C.Cl.Cn1c(=O)c2c(ncn2C)n(C)c1=O. The van der Waals surface area contributed by atoms with Gasteiger partial charge in [0.05, 0.1) is 44.1 Å². The van der Waals surface area contributed by atoms with Gasteiger partial charge in [-0.1, -0.05) is 75.4 Å². The fraction of sp³-hybridized carbons (Fsp3) is 0.318. The second-order valence-corrected chi connectivity index (χ2v) is 20.4. The molecule has 0 saturated carbocycles. The molecule has 0 aliphatic carbocycles. The van der Waals surface area contributed by atoms with E-state index in [4.69, 9.17) is 24.1 Å². The third-order valence-corrected chi connectivity index (χ3v) is 14.2. The Labute approximate surface area is 522 Å². The molecule has 0 radical (unpaired) electrons. The van der Waals surface area contributed by atoms with E-state index < -0.39 is 23.3 Å². The van der Waals surface area contributed by atoms with Crippen LogP contribution >= 0.6 is 12.4 Å². The van der Waals surface area contributed by atoms with Crippen LogP contribution in [0.25, 0.3) is 27.6 Å². The fourth-order valence-corrected chi connectivity index (χ4v) is 9.85. The summed E-state index contributed by atoms with van der Waals surface area (Å²) in [5.74, 6) is 2.23. The van der Waals surface area contributed by atoms with Crippen molar-refractivity contribution < 1.29 is 43.2 Å². The zero-order valence-electron chi connectivity index (χ0n) is 52.5. The molecule has 9 aromatic rings. The first-order valence-electron chi connectivity index (χ1n) is 28.8. The monoisotopic (exact) mass is 1240 g/mol. The Morgan fingerprint density at radius 2 is 1.21 bits per heavy atom. The largest absolute Gasteiger partial charge is 0.508 e. The number of fused-ring (bicyclic) bond motifs is 2. The standard InChI is InChI=1S/C24H29NO4.C14H18N2O.C12H12N2O3.C8H10N4O2.C8H9NO2.ClH/c1-5-26-21-10-9-17(14-22(21)27-6-2)13-20-19-16-24(29-8-4)23(28-7-3)15-18(19)11-12-25-20;1-10(2)13-11(3)15(4)16(14(13)17)12-8-6-5-7-9-12;1-2-12(8-6-4-3-5-7-8)9(15)13-11(17)14-10(12)16;1-10-4-9-6-5(10)7(13)12(3)8(14)11(6)2;1-6(10)9-7-2-4-8(11)5-3-7;/h9-12,14-16H,5-8,13H2,1-4H3;5-10H,1-4H3;3-7H,2H2,1H3,(H2,13,14,15,16,17);4H,1-3H3;2-5,11H,1H3,(H,9,10);1H. The van der Waals surface area contributed by atoms with Crippen molar-refractivity contribution in [3.8, 4) is 34.4 Å². The molecule has 1 saturated heterocycles. The number of carbonyl (C=O) groups is 4. The first-order valence-corrected chi connectivity index (χ1v) is 28.8. The molecule has 5 amide bonds. The van der Waals surface area contributed by atoms with Crippen molar-refractivity contribution >= 4 is 63.8 Å². The lowest BCUT2D eigenvalue weighted by Gasteiger charge is -2.33. The number of urea groups is 1. The number of barbiturate groups is 1. The lowest BCUT2D eigenvalue weighted by Crippen LogP contribution is -2.64. The molecule has 472 valence electrons. The van der Waals surface area contributed by atoms with Crippen LogP contribution in [0.1, 0.15) is 95.8 Å². The first kappa shape index (κ1) is 69.8. The van der Waals surface area contributed by atoms with Gasteiger partial charge in [-0.05, 0) is 130 Å². The number of halogens is 1. The van der Waals surface area contributed by atoms with Crippen LogP contribution in [-0.2, 0) is 54.4 Å². The van der Waals surface area contributed by atoms with Crippen LogP contribution in [-0.4, -0.2) is 88.3 Å². The van der Waals surface area contributed by atoms with E-state index in [0.717, 1.165) is 66.5 Å². The van der Waals surface area contributed by atoms with Gasteiger partial charge in [-0.3, -0.25) is 53.4 Å². The van der Waals surface area contributed by atoms with Gasteiger partial charge in [-0.25, -0.2) is 19.3 Å². The summed E-state index contributed by atoms with van der Waals surface area (Å²) in [6.45, 7) is 19.5. The normalized spacial score (nSPS) is 12.0. The molecule has 22 nitrogen and oxygen atoms in total. The van der Waals surface area contributed by atoms with Gasteiger partial charge in [-0.15, -0.1) is 12.4 Å². The summed E-state index contributed by atoms with van der Waals surface area (Å²) < 4.78 is 30.7. The predicted octanol–water partition coefficient (Wildman–Crippen LogP) is 9.47. The number of pyridine rings is 1. The molecule has 1 fully saturated rings. The number of nitrogens with one attached hydrogen (secondary N) is 3. The summed E-state index contributed by atoms with van der Waals surface area (Å²) in [7, 11) is 6.70. The molecule has 10 rings (SSSR count). The number of imidazole rings is 1. The van der Waals surface area contributed by atoms with Crippen LogP contribution in [0, 0.1) is 6.92 Å². The molecular weight excluding hydrogens is 1160 g/mol. The van der Waals surface area contributed by atoms with Crippen LogP contribution in [0.15, 0.2) is 148 Å². The lowest BCUT2D eigenvalue weighted by molar-refractivity contribution is -0.138. The van der Waals surface area contributed by atoms with Crippen molar-refractivity contribution in [2.75, 3.05) is 31.7 Å². The number of phenolic OH excluding ortho intramolecular Hbond substituents is 1. The Balaban J connectivity index is 0.000000210. The molecule has 0 unspecified atom stereocenters. The Kier molecular flexibility index (Phi) is 25.2. The van der Waals surface area contributed by atoms with Gasteiger partial charge in [0, 0.05) is 70.1 Å². The summed E-state index contributed by atoms with van der Waals surface area (Å²) in [6, 6.07) is 36.1. The van der Waals surface area contributed by atoms with Gasteiger partial charge in [0.25, 0.3) is 11.1 Å². The number of aromatic nitrogens is 7. The van der Waals surface area contributed by atoms with Crippen LogP contribution in [0.3, 0.4) is 0 Å². The highest BCUT2D eigenvalue weighted by Crippen LogP contribution is 2.36.